The van der Waals surface area contributed by atoms with Gasteiger partial charge in [0.15, 0.2) is 0 Å². The van der Waals surface area contributed by atoms with Gasteiger partial charge < -0.3 is 5.32 Å². The molecule has 2 N–H and O–H groups in total. The molecule has 2 aliphatic rings. The number of hydrogen-bond acceptors (Lipinski definition) is 3. The van der Waals surface area contributed by atoms with Crippen LogP contribution in [0.25, 0.3) is 0 Å². The van der Waals surface area contributed by atoms with Crippen LogP contribution in [0.4, 0.5) is 5.69 Å². The molecule has 21 heavy (non-hydrogen) atoms. The van der Waals surface area contributed by atoms with Crippen molar-refractivity contribution in [2.24, 2.45) is 11.8 Å². The maximum Gasteiger partial charge on any atom is 0.242 e. The second-order valence-electron chi connectivity index (χ2n) is 6.31. The first-order valence-electron chi connectivity index (χ1n) is 7.89. The molecule has 2 saturated carbocycles. The molecule has 1 aromatic carbocycles. The molecule has 4 nitrogen and oxygen atoms in total. The molecular formula is C16H24N2O2S. The van der Waals surface area contributed by atoms with Gasteiger partial charge in [0, 0.05) is 6.04 Å². The molecule has 0 saturated heterocycles. The standard InChI is InChI=1S/C16H24N2O2S/c1-17-21(19,20)16-8-3-2-7-15(16)18-14-6-4-5-13(11-14)12-9-10-12/h2-3,7-8,12-14,17-18H,4-6,9-11H2,1H3. The molecule has 0 spiro atoms. The van der Waals surface area contributed by atoms with Crippen molar-refractivity contribution in [2.75, 3.05) is 12.4 Å². The maximum absolute atomic E-state index is 12.1. The molecule has 0 radical (unpaired) electrons. The van der Waals surface area contributed by atoms with Gasteiger partial charge in [-0.15, -0.1) is 0 Å². The molecule has 0 amide bonds. The Morgan fingerprint density at radius 2 is 1.81 bits per heavy atom. The summed E-state index contributed by atoms with van der Waals surface area (Å²) < 4.78 is 26.6. The van der Waals surface area contributed by atoms with Crippen LogP contribution >= 0.6 is 0 Å². The van der Waals surface area contributed by atoms with Crippen LogP contribution in [0, 0.1) is 11.8 Å². The lowest BCUT2D eigenvalue weighted by molar-refractivity contribution is 0.303. The highest BCUT2D eigenvalue weighted by molar-refractivity contribution is 7.89. The van der Waals surface area contributed by atoms with Crippen molar-refractivity contribution in [1.82, 2.24) is 4.72 Å². The quantitative estimate of drug-likeness (QED) is 0.879. The van der Waals surface area contributed by atoms with Crippen LogP contribution in [-0.2, 0) is 10.0 Å². The van der Waals surface area contributed by atoms with E-state index in [0.29, 0.717) is 10.9 Å². The van der Waals surface area contributed by atoms with Crippen LogP contribution in [0.15, 0.2) is 29.2 Å². The number of para-hydroxylation sites is 1. The summed E-state index contributed by atoms with van der Waals surface area (Å²) in [6.07, 6.45) is 7.69. The van der Waals surface area contributed by atoms with Gasteiger partial charge >= 0.3 is 0 Å². The summed E-state index contributed by atoms with van der Waals surface area (Å²) in [7, 11) is -1.96. The molecule has 116 valence electrons. The smallest absolute Gasteiger partial charge is 0.242 e. The summed E-state index contributed by atoms with van der Waals surface area (Å²) in [5.41, 5.74) is 0.730. The lowest BCUT2D eigenvalue weighted by Gasteiger charge is -2.31. The van der Waals surface area contributed by atoms with Gasteiger partial charge in [0.2, 0.25) is 10.0 Å². The summed E-state index contributed by atoms with van der Waals surface area (Å²) >= 11 is 0. The molecular weight excluding hydrogens is 284 g/mol. The average molecular weight is 308 g/mol. The average Bonchev–Trinajstić information content (AvgIpc) is 3.33. The van der Waals surface area contributed by atoms with Crippen molar-refractivity contribution < 1.29 is 8.42 Å². The third kappa shape index (κ3) is 3.40. The van der Waals surface area contributed by atoms with Crippen LogP contribution in [0.3, 0.4) is 0 Å². The number of rotatable bonds is 5. The Kier molecular flexibility index (Phi) is 4.22. The van der Waals surface area contributed by atoms with Gasteiger partial charge in [0.05, 0.1) is 5.69 Å². The minimum Gasteiger partial charge on any atom is -0.381 e. The Hall–Kier alpha value is -1.07. The zero-order chi connectivity index (χ0) is 14.9. The van der Waals surface area contributed by atoms with E-state index in [2.05, 4.69) is 10.0 Å². The molecule has 2 unspecified atom stereocenters. The second kappa shape index (κ2) is 5.97. The number of anilines is 1. The third-order valence-electron chi connectivity index (χ3n) is 4.81. The van der Waals surface area contributed by atoms with E-state index in [9.17, 15) is 8.42 Å². The van der Waals surface area contributed by atoms with Gasteiger partial charge in [-0.1, -0.05) is 25.0 Å². The molecule has 0 bridgehead atoms. The monoisotopic (exact) mass is 308 g/mol. The minimum atomic E-state index is -3.41. The van der Waals surface area contributed by atoms with Gasteiger partial charge in [0.25, 0.3) is 0 Å². The molecule has 0 aliphatic heterocycles. The summed E-state index contributed by atoms with van der Waals surface area (Å²) in [6.45, 7) is 0. The fourth-order valence-corrected chi connectivity index (χ4v) is 4.40. The SMILES string of the molecule is CNS(=O)(=O)c1ccccc1NC1CCCC(C2CC2)C1. The van der Waals surface area contributed by atoms with Crippen LogP contribution in [0.1, 0.15) is 38.5 Å². The zero-order valence-electron chi connectivity index (χ0n) is 12.5. The molecule has 2 aliphatic carbocycles. The third-order valence-corrected chi connectivity index (χ3v) is 6.28. The van der Waals surface area contributed by atoms with E-state index in [4.69, 9.17) is 0 Å². The van der Waals surface area contributed by atoms with E-state index in [-0.39, 0.29) is 0 Å². The Balaban J connectivity index is 1.75. The molecule has 3 rings (SSSR count). The topological polar surface area (TPSA) is 58.2 Å². The van der Waals surface area contributed by atoms with Crippen molar-refractivity contribution in [3.8, 4) is 0 Å². The number of hydrogen-bond donors (Lipinski definition) is 2. The Morgan fingerprint density at radius 3 is 2.52 bits per heavy atom. The van der Waals surface area contributed by atoms with Gasteiger partial charge in [-0.2, -0.15) is 0 Å². The van der Waals surface area contributed by atoms with Crippen LogP contribution in [-0.4, -0.2) is 21.5 Å². The first-order valence-corrected chi connectivity index (χ1v) is 9.37. The maximum atomic E-state index is 12.1. The van der Waals surface area contributed by atoms with E-state index in [1.54, 1.807) is 12.1 Å². The van der Waals surface area contributed by atoms with Gasteiger partial charge in [-0.3, -0.25) is 0 Å². The first-order chi connectivity index (χ1) is 10.1. The first kappa shape index (κ1) is 14.9. The highest BCUT2D eigenvalue weighted by atomic mass is 32.2. The van der Waals surface area contributed by atoms with Crippen LogP contribution < -0.4 is 10.0 Å². The summed E-state index contributed by atoms with van der Waals surface area (Å²) in [4.78, 5) is 0.348. The van der Waals surface area contributed by atoms with E-state index in [1.165, 1.54) is 39.2 Å². The van der Waals surface area contributed by atoms with Gasteiger partial charge in [0.1, 0.15) is 4.90 Å². The second-order valence-corrected chi connectivity index (χ2v) is 8.16. The predicted octanol–water partition coefficient (Wildman–Crippen LogP) is 2.98. The Morgan fingerprint density at radius 1 is 1.05 bits per heavy atom. The lowest BCUT2D eigenvalue weighted by Crippen LogP contribution is -2.29. The summed E-state index contributed by atoms with van der Waals surface area (Å²) in [5, 5.41) is 3.48. The van der Waals surface area contributed by atoms with Crippen molar-refractivity contribution in [2.45, 2.75) is 49.5 Å². The molecule has 0 aromatic heterocycles. The van der Waals surface area contributed by atoms with E-state index in [1.807, 2.05) is 12.1 Å². The van der Waals surface area contributed by atoms with Crippen molar-refractivity contribution in [3.63, 3.8) is 0 Å². The van der Waals surface area contributed by atoms with Crippen LogP contribution in [0.5, 0.6) is 0 Å². The highest BCUT2D eigenvalue weighted by Crippen LogP contribution is 2.44. The highest BCUT2D eigenvalue weighted by Gasteiger charge is 2.34. The lowest BCUT2D eigenvalue weighted by atomic mass is 9.82. The molecule has 5 heteroatoms. The fourth-order valence-electron chi connectivity index (χ4n) is 3.50. The molecule has 2 atom stereocenters. The van der Waals surface area contributed by atoms with Gasteiger partial charge in [-0.25, -0.2) is 13.1 Å². The number of benzene rings is 1. The van der Waals surface area contributed by atoms with Crippen LogP contribution in [0.2, 0.25) is 0 Å². The Bertz CT molecular complexity index is 596. The van der Waals surface area contributed by atoms with Gasteiger partial charge in [-0.05, 0) is 56.7 Å². The fraction of sp³-hybridized carbons (Fsp3) is 0.625. The summed E-state index contributed by atoms with van der Waals surface area (Å²) in [6, 6.07) is 7.58. The van der Waals surface area contributed by atoms with Crippen molar-refractivity contribution in [3.05, 3.63) is 24.3 Å². The van der Waals surface area contributed by atoms with E-state index < -0.39 is 10.0 Å². The van der Waals surface area contributed by atoms with Crippen molar-refractivity contribution in [1.29, 1.82) is 0 Å². The summed E-state index contributed by atoms with van der Waals surface area (Å²) in [5.74, 6) is 1.77. The zero-order valence-corrected chi connectivity index (χ0v) is 13.3. The molecule has 2 fully saturated rings. The Labute approximate surface area is 127 Å². The number of sulfonamides is 1. The largest absolute Gasteiger partial charge is 0.381 e. The predicted molar refractivity (Wildman–Crippen MR) is 84.8 cm³/mol. The molecule has 0 heterocycles. The van der Waals surface area contributed by atoms with E-state index in [0.717, 1.165) is 23.9 Å². The van der Waals surface area contributed by atoms with E-state index >= 15 is 0 Å². The minimum absolute atomic E-state index is 0.348. The molecule has 1 aromatic rings. The normalized spacial score (nSPS) is 26.5. The van der Waals surface area contributed by atoms with Crippen molar-refractivity contribution >= 4 is 15.7 Å². The number of nitrogens with one attached hydrogen (secondary N) is 2.